The van der Waals surface area contributed by atoms with Gasteiger partial charge in [0.25, 0.3) is 0 Å². The summed E-state index contributed by atoms with van der Waals surface area (Å²) in [7, 11) is 1.68. The molecule has 0 fully saturated rings. The fourth-order valence-electron chi connectivity index (χ4n) is 2.33. The van der Waals surface area contributed by atoms with Gasteiger partial charge in [-0.05, 0) is 30.7 Å². The lowest BCUT2D eigenvalue weighted by Crippen LogP contribution is -2.14. The Hall–Kier alpha value is -1.69. The number of nitrogens with zero attached hydrogens (tertiary/aromatic N) is 4. The molecular formula is C15H20N4OS. The Bertz CT molecular complexity index is 611. The van der Waals surface area contributed by atoms with Crippen molar-refractivity contribution in [1.29, 1.82) is 0 Å². The Kier molecular flexibility index (Phi) is 4.05. The molecule has 0 saturated carbocycles. The van der Waals surface area contributed by atoms with Crippen molar-refractivity contribution in [2.45, 2.75) is 37.2 Å². The van der Waals surface area contributed by atoms with Gasteiger partial charge in [-0.25, -0.2) is 0 Å². The summed E-state index contributed by atoms with van der Waals surface area (Å²) in [5, 5.41) is 10.3. The summed E-state index contributed by atoms with van der Waals surface area (Å²) in [6.07, 6.45) is 1.13. The van der Waals surface area contributed by atoms with E-state index >= 15 is 0 Å². The minimum absolute atomic E-state index is 0.563. The van der Waals surface area contributed by atoms with Crippen LogP contribution in [0.4, 0.5) is 11.6 Å². The van der Waals surface area contributed by atoms with Gasteiger partial charge in [-0.2, -0.15) is 0 Å². The van der Waals surface area contributed by atoms with Gasteiger partial charge in [0.05, 0.1) is 7.11 Å². The van der Waals surface area contributed by atoms with Crippen LogP contribution in [0.1, 0.15) is 20.3 Å². The number of methoxy groups -OCH3 is 1. The molecule has 0 spiro atoms. The first kappa shape index (κ1) is 14.3. The second kappa shape index (κ2) is 5.97. The van der Waals surface area contributed by atoms with Crippen LogP contribution >= 0.6 is 11.8 Å². The maximum atomic E-state index is 5.21. The Morgan fingerprint density at radius 1 is 1.24 bits per heavy atom. The Labute approximate surface area is 129 Å². The number of ether oxygens (including phenoxy) is 1. The molecule has 0 amide bonds. The highest BCUT2D eigenvalue weighted by Gasteiger charge is 2.26. The summed E-state index contributed by atoms with van der Waals surface area (Å²) in [4.78, 5) is 2.20. The molecule has 6 heteroatoms. The third kappa shape index (κ3) is 2.72. The lowest BCUT2D eigenvalue weighted by molar-refractivity contribution is 0.415. The maximum absolute atomic E-state index is 5.21. The summed E-state index contributed by atoms with van der Waals surface area (Å²) in [5.74, 6) is 1.80. The number of rotatable bonds is 5. The number of fused-ring (bicyclic) bond motifs is 1. The van der Waals surface area contributed by atoms with Gasteiger partial charge in [0.15, 0.2) is 5.16 Å². The van der Waals surface area contributed by atoms with Crippen molar-refractivity contribution in [3.05, 3.63) is 24.3 Å². The van der Waals surface area contributed by atoms with Crippen LogP contribution in [0.3, 0.4) is 0 Å². The Balaban J connectivity index is 1.83. The van der Waals surface area contributed by atoms with Crippen molar-refractivity contribution in [3.8, 4) is 5.75 Å². The third-order valence-electron chi connectivity index (χ3n) is 3.75. The molecule has 3 rings (SSSR count). The molecule has 2 heterocycles. The third-order valence-corrected chi connectivity index (χ3v) is 5.00. The van der Waals surface area contributed by atoms with E-state index in [0.29, 0.717) is 5.25 Å². The Morgan fingerprint density at radius 2 is 2.00 bits per heavy atom. The average molecular weight is 304 g/mol. The zero-order valence-corrected chi connectivity index (χ0v) is 13.4. The summed E-state index contributed by atoms with van der Waals surface area (Å²) in [5.41, 5.74) is 1.13. The zero-order chi connectivity index (χ0) is 14.8. The normalized spacial score (nSPS) is 15.1. The van der Waals surface area contributed by atoms with Crippen LogP contribution in [-0.2, 0) is 6.54 Å². The smallest absolute Gasteiger partial charge is 0.232 e. The minimum atomic E-state index is 0.563. The van der Waals surface area contributed by atoms with Crippen LogP contribution < -0.4 is 9.64 Å². The predicted octanol–water partition coefficient (Wildman–Crippen LogP) is 3.33. The lowest BCUT2D eigenvalue weighted by Gasteiger charge is -2.15. The molecule has 0 radical (unpaired) electrons. The van der Waals surface area contributed by atoms with Crippen molar-refractivity contribution < 1.29 is 4.74 Å². The van der Waals surface area contributed by atoms with Gasteiger partial charge in [0.2, 0.25) is 5.95 Å². The molecule has 1 atom stereocenters. The number of benzene rings is 1. The van der Waals surface area contributed by atoms with Gasteiger partial charge >= 0.3 is 0 Å². The van der Waals surface area contributed by atoms with Gasteiger partial charge in [0, 0.05) is 24.0 Å². The zero-order valence-electron chi connectivity index (χ0n) is 12.6. The van der Waals surface area contributed by atoms with Crippen molar-refractivity contribution in [2.75, 3.05) is 18.6 Å². The largest absolute Gasteiger partial charge is 0.497 e. The van der Waals surface area contributed by atoms with Gasteiger partial charge in [-0.15, -0.1) is 10.2 Å². The van der Waals surface area contributed by atoms with Crippen LogP contribution in [0.5, 0.6) is 5.75 Å². The monoisotopic (exact) mass is 304 g/mol. The van der Waals surface area contributed by atoms with Crippen LogP contribution in [0.15, 0.2) is 29.4 Å². The van der Waals surface area contributed by atoms with E-state index in [4.69, 9.17) is 4.74 Å². The highest BCUT2D eigenvalue weighted by Crippen LogP contribution is 2.34. The van der Waals surface area contributed by atoms with E-state index in [0.717, 1.165) is 42.1 Å². The number of hydrogen-bond acceptors (Lipinski definition) is 5. The minimum Gasteiger partial charge on any atom is -0.497 e. The topological polar surface area (TPSA) is 43.2 Å². The molecule has 21 heavy (non-hydrogen) atoms. The molecule has 5 nitrogen and oxygen atoms in total. The van der Waals surface area contributed by atoms with E-state index in [1.807, 2.05) is 12.1 Å². The highest BCUT2D eigenvalue weighted by molar-refractivity contribution is 7.99. The van der Waals surface area contributed by atoms with Crippen LogP contribution in [0, 0.1) is 0 Å². The summed E-state index contributed by atoms with van der Waals surface area (Å²) < 4.78 is 7.42. The van der Waals surface area contributed by atoms with Crippen molar-refractivity contribution >= 4 is 23.4 Å². The van der Waals surface area contributed by atoms with Gasteiger partial charge < -0.3 is 9.64 Å². The van der Waals surface area contributed by atoms with Crippen molar-refractivity contribution in [3.63, 3.8) is 0 Å². The number of aromatic nitrogens is 3. The molecule has 0 saturated heterocycles. The SMILES string of the molecule is CCC(C)Sc1nnc2n1CCN2c1ccc(OC)cc1. The fraction of sp³-hybridized carbons (Fsp3) is 0.467. The van der Waals surface area contributed by atoms with Gasteiger partial charge in [-0.3, -0.25) is 4.57 Å². The summed E-state index contributed by atoms with van der Waals surface area (Å²) in [6, 6.07) is 8.07. The van der Waals surface area contributed by atoms with E-state index in [1.54, 1.807) is 18.9 Å². The van der Waals surface area contributed by atoms with Gasteiger partial charge in [-0.1, -0.05) is 25.6 Å². The molecule has 0 bridgehead atoms. The van der Waals surface area contributed by atoms with Gasteiger partial charge in [0.1, 0.15) is 5.75 Å². The molecule has 0 aliphatic carbocycles. The Morgan fingerprint density at radius 3 is 2.67 bits per heavy atom. The first-order valence-electron chi connectivity index (χ1n) is 7.24. The first-order valence-corrected chi connectivity index (χ1v) is 8.12. The summed E-state index contributed by atoms with van der Waals surface area (Å²) in [6.45, 7) is 6.30. The molecule has 0 N–H and O–H groups in total. The second-order valence-corrected chi connectivity index (χ2v) is 6.53. The van der Waals surface area contributed by atoms with E-state index in [9.17, 15) is 0 Å². The van der Waals surface area contributed by atoms with Crippen LogP contribution in [0.25, 0.3) is 0 Å². The van der Waals surface area contributed by atoms with Crippen molar-refractivity contribution in [1.82, 2.24) is 14.8 Å². The first-order chi connectivity index (χ1) is 10.2. The van der Waals surface area contributed by atoms with Crippen molar-refractivity contribution in [2.24, 2.45) is 0 Å². The number of hydrogen-bond donors (Lipinski definition) is 0. The predicted molar refractivity (Wildman–Crippen MR) is 85.6 cm³/mol. The van der Waals surface area contributed by atoms with Crippen LogP contribution in [-0.4, -0.2) is 33.7 Å². The quantitative estimate of drug-likeness (QED) is 0.793. The lowest BCUT2D eigenvalue weighted by atomic mass is 10.3. The molecule has 1 unspecified atom stereocenters. The van der Waals surface area contributed by atoms with E-state index < -0.39 is 0 Å². The molecule has 1 aromatic carbocycles. The molecule has 1 aliphatic rings. The maximum Gasteiger partial charge on any atom is 0.232 e. The standard InChI is InChI=1S/C15H20N4OS/c1-4-11(2)21-15-17-16-14-18(9-10-19(14)15)12-5-7-13(20-3)8-6-12/h5-8,11H,4,9-10H2,1-3H3. The molecule has 1 aliphatic heterocycles. The molecule has 2 aromatic rings. The van der Waals surface area contributed by atoms with E-state index in [-0.39, 0.29) is 0 Å². The average Bonchev–Trinajstić information content (AvgIpc) is 3.10. The van der Waals surface area contributed by atoms with Crippen LogP contribution in [0.2, 0.25) is 0 Å². The molecular weight excluding hydrogens is 284 g/mol. The summed E-state index contributed by atoms with van der Waals surface area (Å²) >= 11 is 1.80. The van der Waals surface area contributed by atoms with E-state index in [2.05, 4.69) is 45.6 Å². The molecule has 112 valence electrons. The second-order valence-electron chi connectivity index (χ2n) is 5.12. The fourth-order valence-corrected chi connectivity index (χ4v) is 3.25. The number of thioether (sulfide) groups is 1. The highest BCUT2D eigenvalue weighted by atomic mass is 32.2. The molecule has 1 aromatic heterocycles. The number of anilines is 2. The van der Waals surface area contributed by atoms with E-state index in [1.165, 1.54) is 0 Å².